The fourth-order valence-electron chi connectivity index (χ4n) is 1.62. The summed E-state index contributed by atoms with van der Waals surface area (Å²) in [5.41, 5.74) is 0.630. The average molecular weight is 367 g/mol. The van der Waals surface area contributed by atoms with Crippen LogP contribution in [0.4, 0.5) is 4.39 Å². The van der Waals surface area contributed by atoms with E-state index in [4.69, 9.17) is 4.74 Å². The summed E-state index contributed by atoms with van der Waals surface area (Å²) in [7, 11) is 0. The molecule has 2 heterocycles. The van der Waals surface area contributed by atoms with Crippen LogP contribution in [0.1, 0.15) is 0 Å². The van der Waals surface area contributed by atoms with Crippen LogP contribution < -0.4 is 4.74 Å². The summed E-state index contributed by atoms with van der Waals surface area (Å²) in [6.07, 6.45) is 2.98. The van der Waals surface area contributed by atoms with E-state index in [0.717, 1.165) is 3.70 Å². The van der Waals surface area contributed by atoms with Gasteiger partial charge in [0.05, 0.1) is 17.1 Å². The van der Waals surface area contributed by atoms with E-state index >= 15 is 0 Å². The standard InChI is InChI=1S/C13H7FIN3O/c14-8-1-3-11-10(5-8)13(18-7-17-11)19-9-2-4-12(15)16-6-9/h1-7H. The SMILES string of the molecule is Fc1ccc2ncnc(Oc3ccc(I)nc3)c2c1. The van der Waals surface area contributed by atoms with Crippen LogP contribution in [0.25, 0.3) is 10.9 Å². The van der Waals surface area contributed by atoms with Crippen LogP contribution in [0.5, 0.6) is 11.6 Å². The van der Waals surface area contributed by atoms with E-state index in [9.17, 15) is 4.39 Å². The Morgan fingerprint density at radius 1 is 1.05 bits per heavy atom. The van der Waals surface area contributed by atoms with E-state index in [1.54, 1.807) is 18.3 Å². The second-order valence-corrected chi connectivity index (χ2v) is 4.86. The number of rotatable bonds is 2. The van der Waals surface area contributed by atoms with E-state index in [1.807, 2.05) is 6.07 Å². The molecule has 2 aromatic heterocycles. The van der Waals surface area contributed by atoms with E-state index in [2.05, 4.69) is 37.5 Å². The molecule has 3 rings (SSSR count). The molecule has 1 aromatic carbocycles. The van der Waals surface area contributed by atoms with Crippen molar-refractivity contribution in [3.05, 3.63) is 52.4 Å². The lowest BCUT2D eigenvalue weighted by Gasteiger charge is -2.06. The number of halogens is 2. The molecule has 0 atom stereocenters. The zero-order valence-corrected chi connectivity index (χ0v) is 11.7. The van der Waals surface area contributed by atoms with Gasteiger partial charge in [0.1, 0.15) is 21.6 Å². The summed E-state index contributed by atoms with van der Waals surface area (Å²) in [6, 6.07) is 7.89. The number of hydrogen-bond donors (Lipinski definition) is 0. The Hall–Kier alpha value is -1.83. The number of aromatic nitrogens is 3. The molecule has 0 amide bonds. The molecule has 3 aromatic rings. The Bertz CT molecular complexity index is 734. The monoisotopic (exact) mass is 367 g/mol. The van der Waals surface area contributed by atoms with Crippen LogP contribution in [-0.4, -0.2) is 15.0 Å². The number of fused-ring (bicyclic) bond motifs is 1. The maximum Gasteiger partial charge on any atom is 0.230 e. The molecule has 0 aliphatic carbocycles. The van der Waals surface area contributed by atoms with Gasteiger partial charge in [-0.15, -0.1) is 0 Å². The zero-order valence-electron chi connectivity index (χ0n) is 9.55. The first-order valence-corrected chi connectivity index (χ1v) is 6.50. The Morgan fingerprint density at radius 3 is 2.74 bits per heavy atom. The van der Waals surface area contributed by atoms with E-state index in [-0.39, 0.29) is 5.82 Å². The molecule has 0 unspecified atom stereocenters. The predicted octanol–water partition coefficient (Wildman–Crippen LogP) is 3.56. The molecule has 0 N–H and O–H groups in total. The van der Waals surface area contributed by atoms with Crippen molar-refractivity contribution in [3.8, 4) is 11.6 Å². The second kappa shape index (κ2) is 5.04. The Balaban J connectivity index is 2.05. The summed E-state index contributed by atoms with van der Waals surface area (Å²) >= 11 is 2.10. The largest absolute Gasteiger partial charge is 0.437 e. The average Bonchev–Trinajstić information content (AvgIpc) is 2.42. The van der Waals surface area contributed by atoms with Gasteiger partial charge in [-0.05, 0) is 52.9 Å². The first kappa shape index (κ1) is 12.2. The summed E-state index contributed by atoms with van der Waals surface area (Å²) in [4.78, 5) is 12.2. The quantitative estimate of drug-likeness (QED) is 0.513. The fourth-order valence-corrected chi connectivity index (χ4v) is 1.94. The van der Waals surface area contributed by atoms with Crippen molar-refractivity contribution in [1.82, 2.24) is 15.0 Å². The Labute approximate surface area is 121 Å². The van der Waals surface area contributed by atoms with E-state index < -0.39 is 0 Å². The van der Waals surface area contributed by atoms with Gasteiger partial charge in [-0.3, -0.25) is 0 Å². The van der Waals surface area contributed by atoms with Crippen LogP contribution in [0.3, 0.4) is 0 Å². The number of ether oxygens (including phenoxy) is 1. The molecule has 4 nitrogen and oxygen atoms in total. The molecular formula is C13H7FIN3O. The third kappa shape index (κ3) is 2.62. The second-order valence-electron chi connectivity index (χ2n) is 3.76. The highest BCUT2D eigenvalue weighted by Gasteiger charge is 2.07. The van der Waals surface area contributed by atoms with Crippen molar-refractivity contribution in [2.24, 2.45) is 0 Å². The number of nitrogens with zero attached hydrogens (tertiary/aromatic N) is 3. The minimum atomic E-state index is -0.354. The van der Waals surface area contributed by atoms with Crippen LogP contribution in [0.2, 0.25) is 0 Å². The maximum atomic E-state index is 13.3. The number of hydrogen-bond acceptors (Lipinski definition) is 4. The summed E-state index contributed by atoms with van der Waals surface area (Å²) in [6.45, 7) is 0. The van der Waals surface area contributed by atoms with Crippen molar-refractivity contribution >= 4 is 33.5 Å². The van der Waals surface area contributed by atoms with Crippen LogP contribution >= 0.6 is 22.6 Å². The predicted molar refractivity (Wildman–Crippen MR) is 76.5 cm³/mol. The van der Waals surface area contributed by atoms with Crippen molar-refractivity contribution in [3.63, 3.8) is 0 Å². The molecule has 0 spiro atoms. The normalized spacial score (nSPS) is 10.6. The van der Waals surface area contributed by atoms with E-state index in [1.165, 1.54) is 18.5 Å². The molecule has 94 valence electrons. The van der Waals surface area contributed by atoms with Crippen molar-refractivity contribution in [2.75, 3.05) is 0 Å². The highest BCUT2D eigenvalue weighted by atomic mass is 127. The summed E-state index contributed by atoms with van der Waals surface area (Å²) in [5, 5.41) is 0.529. The molecule has 0 radical (unpaired) electrons. The minimum Gasteiger partial charge on any atom is -0.437 e. The lowest BCUT2D eigenvalue weighted by molar-refractivity contribution is 0.465. The molecule has 0 fully saturated rings. The van der Waals surface area contributed by atoms with Gasteiger partial charge in [-0.2, -0.15) is 0 Å². The minimum absolute atomic E-state index is 0.313. The van der Waals surface area contributed by atoms with Crippen LogP contribution in [0.15, 0.2) is 42.9 Å². The van der Waals surface area contributed by atoms with Gasteiger partial charge in [0.15, 0.2) is 0 Å². The summed E-state index contributed by atoms with van der Waals surface area (Å²) < 4.78 is 19.8. The highest BCUT2D eigenvalue weighted by molar-refractivity contribution is 14.1. The summed E-state index contributed by atoms with van der Waals surface area (Å²) in [5.74, 6) is 0.505. The molecule has 0 saturated carbocycles. The van der Waals surface area contributed by atoms with Gasteiger partial charge in [-0.1, -0.05) is 0 Å². The van der Waals surface area contributed by atoms with Crippen molar-refractivity contribution < 1.29 is 9.13 Å². The van der Waals surface area contributed by atoms with Gasteiger partial charge in [0.2, 0.25) is 5.88 Å². The first-order valence-electron chi connectivity index (χ1n) is 5.42. The van der Waals surface area contributed by atoms with Crippen molar-refractivity contribution in [2.45, 2.75) is 0 Å². The van der Waals surface area contributed by atoms with E-state index in [0.29, 0.717) is 22.5 Å². The molecule has 0 bridgehead atoms. The molecule has 0 aliphatic rings. The molecule has 19 heavy (non-hydrogen) atoms. The van der Waals surface area contributed by atoms with Gasteiger partial charge in [0.25, 0.3) is 0 Å². The maximum absolute atomic E-state index is 13.3. The topological polar surface area (TPSA) is 47.9 Å². The Kier molecular flexibility index (Phi) is 3.24. The van der Waals surface area contributed by atoms with Crippen LogP contribution in [-0.2, 0) is 0 Å². The third-order valence-corrected chi connectivity index (χ3v) is 3.11. The Morgan fingerprint density at radius 2 is 1.95 bits per heavy atom. The molecule has 6 heteroatoms. The van der Waals surface area contributed by atoms with Crippen LogP contribution in [0, 0.1) is 9.52 Å². The van der Waals surface area contributed by atoms with Gasteiger partial charge in [-0.25, -0.2) is 19.3 Å². The highest BCUT2D eigenvalue weighted by Crippen LogP contribution is 2.26. The smallest absolute Gasteiger partial charge is 0.230 e. The lowest BCUT2D eigenvalue weighted by atomic mass is 10.2. The molecule has 0 saturated heterocycles. The number of pyridine rings is 1. The van der Waals surface area contributed by atoms with Gasteiger partial charge in [0, 0.05) is 0 Å². The fraction of sp³-hybridized carbons (Fsp3) is 0. The molecule has 0 aliphatic heterocycles. The lowest BCUT2D eigenvalue weighted by Crippen LogP contribution is -1.92. The first-order chi connectivity index (χ1) is 9.22. The molecular weight excluding hydrogens is 360 g/mol. The zero-order chi connectivity index (χ0) is 13.2. The third-order valence-electron chi connectivity index (χ3n) is 2.48. The van der Waals surface area contributed by atoms with Gasteiger partial charge >= 0.3 is 0 Å². The van der Waals surface area contributed by atoms with Gasteiger partial charge < -0.3 is 4.74 Å². The van der Waals surface area contributed by atoms with Crippen molar-refractivity contribution in [1.29, 1.82) is 0 Å². The number of benzene rings is 1.